The largest absolute Gasteiger partial charge is 0.337 e. The van der Waals surface area contributed by atoms with Crippen LogP contribution in [0.25, 0.3) is 0 Å². The summed E-state index contributed by atoms with van der Waals surface area (Å²) in [6.07, 6.45) is 9.56. The Morgan fingerprint density at radius 2 is 1.86 bits per heavy atom. The number of hydrogen-bond donors (Lipinski definition) is 0. The van der Waals surface area contributed by atoms with Crippen molar-refractivity contribution < 1.29 is 4.79 Å². The number of rotatable bonds is 2. The molecule has 3 heterocycles. The minimum Gasteiger partial charge on any atom is -0.337 e. The number of aromatic nitrogens is 2. The fourth-order valence-electron chi connectivity index (χ4n) is 4.64. The van der Waals surface area contributed by atoms with Crippen LogP contribution < -0.4 is 0 Å². The highest BCUT2D eigenvalue weighted by Crippen LogP contribution is 2.51. The van der Waals surface area contributed by atoms with Gasteiger partial charge in [0.2, 0.25) is 0 Å². The summed E-state index contributed by atoms with van der Waals surface area (Å²) in [5.41, 5.74) is 1.25. The summed E-state index contributed by atoms with van der Waals surface area (Å²) in [7, 11) is 1.84. The molecule has 0 N–H and O–H groups in total. The van der Waals surface area contributed by atoms with Gasteiger partial charge in [0.25, 0.3) is 5.91 Å². The van der Waals surface area contributed by atoms with Crippen molar-refractivity contribution in [2.24, 2.45) is 12.5 Å². The van der Waals surface area contributed by atoms with E-state index in [1.54, 1.807) is 10.9 Å². The fourth-order valence-corrected chi connectivity index (χ4v) is 4.64. The van der Waals surface area contributed by atoms with Crippen molar-refractivity contribution in [2.45, 2.75) is 44.6 Å². The van der Waals surface area contributed by atoms with Crippen LogP contribution in [0, 0.1) is 5.41 Å². The van der Waals surface area contributed by atoms with Crippen LogP contribution in [0.3, 0.4) is 0 Å². The Balaban J connectivity index is 1.32. The quantitative estimate of drug-likeness (QED) is 0.838. The average Bonchev–Trinajstić information content (AvgIpc) is 3.15. The maximum Gasteiger partial charge on any atom is 0.272 e. The van der Waals surface area contributed by atoms with Gasteiger partial charge in [-0.2, -0.15) is 5.10 Å². The maximum atomic E-state index is 12.5. The predicted molar refractivity (Wildman–Crippen MR) is 84.6 cm³/mol. The predicted octanol–water partition coefficient (Wildman–Crippen LogP) is 1.90. The van der Waals surface area contributed by atoms with Crippen LogP contribution in [-0.4, -0.2) is 57.7 Å². The maximum absolute atomic E-state index is 12.5. The first kappa shape index (κ1) is 14.2. The van der Waals surface area contributed by atoms with Crippen molar-refractivity contribution in [1.29, 1.82) is 0 Å². The lowest BCUT2D eigenvalue weighted by Gasteiger charge is -2.54. The number of aryl methyl sites for hydroxylation is 1. The second-order valence-electron chi connectivity index (χ2n) is 7.44. The van der Waals surface area contributed by atoms with Crippen molar-refractivity contribution in [2.75, 3.05) is 26.2 Å². The highest BCUT2D eigenvalue weighted by molar-refractivity contribution is 5.92. The molecule has 120 valence electrons. The van der Waals surface area contributed by atoms with E-state index in [1.807, 2.05) is 18.0 Å². The first-order valence-corrected chi connectivity index (χ1v) is 8.68. The van der Waals surface area contributed by atoms with Crippen LogP contribution in [0.15, 0.2) is 12.3 Å². The minimum atomic E-state index is 0.144. The molecule has 1 aliphatic carbocycles. The Labute approximate surface area is 132 Å². The molecule has 0 bridgehead atoms. The van der Waals surface area contributed by atoms with Crippen molar-refractivity contribution >= 4 is 5.91 Å². The van der Waals surface area contributed by atoms with Crippen molar-refractivity contribution in [3.63, 3.8) is 0 Å². The standard InChI is InChI=1S/C17H26N4O/c1-19-15(4-7-18-19)16(22)21-10-5-17(6-11-21)12-14(13-17)20-8-2-3-9-20/h4,7,14H,2-3,5-6,8-13H2,1H3. The lowest BCUT2D eigenvalue weighted by atomic mass is 9.60. The molecule has 3 aliphatic rings. The smallest absolute Gasteiger partial charge is 0.272 e. The summed E-state index contributed by atoms with van der Waals surface area (Å²) < 4.78 is 1.68. The first-order chi connectivity index (χ1) is 10.7. The Bertz CT molecular complexity index is 545. The van der Waals surface area contributed by atoms with E-state index in [0.717, 1.165) is 19.1 Å². The molecule has 0 atom stereocenters. The number of nitrogens with zero attached hydrogens (tertiary/aromatic N) is 4. The Morgan fingerprint density at radius 3 is 2.45 bits per heavy atom. The molecule has 1 aromatic rings. The van der Waals surface area contributed by atoms with E-state index >= 15 is 0 Å². The number of amides is 1. The Hall–Kier alpha value is -1.36. The molecule has 5 nitrogen and oxygen atoms in total. The molecular formula is C17H26N4O. The van der Waals surface area contributed by atoms with Gasteiger partial charge in [-0.15, -0.1) is 0 Å². The van der Waals surface area contributed by atoms with E-state index in [4.69, 9.17) is 0 Å². The van der Waals surface area contributed by atoms with Gasteiger partial charge in [0, 0.05) is 32.4 Å². The van der Waals surface area contributed by atoms with Gasteiger partial charge in [-0.1, -0.05) is 0 Å². The first-order valence-electron chi connectivity index (χ1n) is 8.68. The highest BCUT2D eigenvalue weighted by Gasteiger charge is 2.48. The second-order valence-corrected chi connectivity index (χ2v) is 7.44. The summed E-state index contributed by atoms with van der Waals surface area (Å²) in [5.74, 6) is 0.144. The molecule has 0 radical (unpaired) electrons. The molecule has 1 aromatic heterocycles. The molecule has 4 rings (SSSR count). The number of carbonyl (C=O) groups excluding carboxylic acids is 1. The third-order valence-corrected chi connectivity index (χ3v) is 6.15. The van der Waals surface area contributed by atoms with Crippen LogP contribution in [0.2, 0.25) is 0 Å². The monoisotopic (exact) mass is 302 g/mol. The zero-order chi connectivity index (χ0) is 15.2. The van der Waals surface area contributed by atoms with Crippen molar-refractivity contribution in [3.05, 3.63) is 18.0 Å². The Morgan fingerprint density at radius 1 is 1.18 bits per heavy atom. The topological polar surface area (TPSA) is 41.4 Å². The SMILES string of the molecule is Cn1nccc1C(=O)N1CCC2(CC1)CC(N1CCCC1)C2. The number of carbonyl (C=O) groups is 1. The fraction of sp³-hybridized carbons (Fsp3) is 0.765. The van der Waals surface area contributed by atoms with Gasteiger partial charge < -0.3 is 9.80 Å². The highest BCUT2D eigenvalue weighted by atomic mass is 16.2. The number of piperidine rings is 1. The van der Waals surface area contributed by atoms with Gasteiger partial charge in [0.05, 0.1) is 0 Å². The van der Waals surface area contributed by atoms with Crippen LogP contribution in [0.4, 0.5) is 0 Å². The summed E-state index contributed by atoms with van der Waals surface area (Å²) >= 11 is 0. The van der Waals surface area contributed by atoms with Gasteiger partial charge in [0.1, 0.15) is 5.69 Å². The molecule has 3 fully saturated rings. The Kier molecular flexibility index (Phi) is 3.48. The summed E-state index contributed by atoms with van der Waals surface area (Å²) in [6.45, 7) is 4.45. The molecule has 1 spiro atoms. The van der Waals surface area contributed by atoms with Crippen LogP contribution in [0.5, 0.6) is 0 Å². The third kappa shape index (κ3) is 2.35. The number of likely N-dealkylation sites (tertiary alicyclic amines) is 2. The molecule has 22 heavy (non-hydrogen) atoms. The lowest BCUT2D eigenvalue weighted by Crippen LogP contribution is -2.55. The van der Waals surface area contributed by atoms with E-state index in [1.165, 1.54) is 51.6 Å². The van der Waals surface area contributed by atoms with Gasteiger partial charge >= 0.3 is 0 Å². The van der Waals surface area contributed by atoms with Crippen molar-refractivity contribution in [1.82, 2.24) is 19.6 Å². The lowest BCUT2D eigenvalue weighted by molar-refractivity contribution is -0.0313. The van der Waals surface area contributed by atoms with Gasteiger partial charge in [-0.25, -0.2) is 0 Å². The normalized spacial score (nSPS) is 25.6. The van der Waals surface area contributed by atoms with Gasteiger partial charge in [-0.3, -0.25) is 9.48 Å². The van der Waals surface area contributed by atoms with E-state index in [9.17, 15) is 4.79 Å². The van der Waals surface area contributed by atoms with Crippen LogP contribution in [0.1, 0.15) is 49.0 Å². The van der Waals surface area contributed by atoms with E-state index in [-0.39, 0.29) is 5.91 Å². The third-order valence-electron chi connectivity index (χ3n) is 6.15. The molecule has 2 aliphatic heterocycles. The van der Waals surface area contributed by atoms with E-state index in [0.29, 0.717) is 11.1 Å². The summed E-state index contributed by atoms with van der Waals surface area (Å²) in [4.78, 5) is 17.2. The average molecular weight is 302 g/mol. The van der Waals surface area contributed by atoms with Crippen LogP contribution in [-0.2, 0) is 7.05 Å². The van der Waals surface area contributed by atoms with E-state index < -0.39 is 0 Å². The molecule has 1 amide bonds. The molecule has 0 unspecified atom stereocenters. The molecular weight excluding hydrogens is 276 g/mol. The van der Waals surface area contributed by atoms with Crippen molar-refractivity contribution in [3.8, 4) is 0 Å². The summed E-state index contributed by atoms with van der Waals surface area (Å²) in [5, 5.41) is 4.11. The molecule has 5 heteroatoms. The van der Waals surface area contributed by atoms with Gasteiger partial charge in [-0.05, 0) is 63.1 Å². The minimum absolute atomic E-state index is 0.144. The molecule has 1 saturated carbocycles. The molecule has 2 saturated heterocycles. The number of hydrogen-bond acceptors (Lipinski definition) is 3. The van der Waals surface area contributed by atoms with Crippen LogP contribution >= 0.6 is 0 Å². The second kappa shape index (κ2) is 5.37. The van der Waals surface area contributed by atoms with E-state index in [2.05, 4.69) is 10.00 Å². The summed E-state index contributed by atoms with van der Waals surface area (Å²) in [6, 6.07) is 2.65. The zero-order valence-corrected chi connectivity index (χ0v) is 13.5. The zero-order valence-electron chi connectivity index (χ0n) is 13.5. The molecule has 0 aromatic carbocycles. The van der Waals surface area contributed by atoms with Gasteiger partial charge in [0.15, 0.2) is 0 Å².